The smallest absolute Gasteiger partial charge is 0.319 e. The van der Waals surface area contributed by atoms with Crippen LogP contribution in [-0.4, -0.2) is 13.1 Å². The van der Waals surface area contributed by atoms with Gasteiger partial charge in [-0.1, -0.05) is 36.4 Å². The van der Waals surface area contributed by atoms with Crippen LogP contribution < -0.4 is 15.4 Å². The molecule has 0 aliphatic carbocycles. The Bertz CT molecular complexity index is 666. The SMILES string of the molecule is COc1cccc(CNC(=O)N/C=C/c2ccccc2C)c1. The van der Waals surface area contributed by atoms with Crippen molar-refractivity contribution in [1.29, 1.82) is 0 Å². The molecular formula is C18H20N2O2. The minimum Gasteiger partial charge on any atom is -0.497 e. The van der Waals surface area contributed by atoms with Crippen LogP contribution in [0.2, 0.25) is 0 Å². The first-order chi connectivity index (χ1) is 10.7. The van der Waals surface area contributed by atoms with E-state index < -0.39 is 0 Å². The molecule has 0 atom stereocenters. The standard InChI is InChI=1S/C18H20N2O2/c1-14-6-3-4-8-16(14)10-11-19-18(21)20-13-15-7-5-9-17(12-15)22-2/h3-12H,13H2,1-2H3,(H2,19,20,21)/b11-10+. The van der Waals surface area contributed by atoms with Gasteiger partial charge in [-0.15, -0.1) is 0 Å². The summed E-state index contributed by atoms with van der Waals surface area (Å²) in [4.78, 5) is 11.7. The molecule has 2 amide bonds. The zero-order valence-electron chi connectivity index (χ0n) is 12.8. The lowest BCUT2D eigenvalue weighted by Crippen LogP contribution is -2.31. The number of methoxy groups -OCH3 is 1. The second-order valence-electron chi connectivity index (χ2n) is 4.87. The predicted octanol–water partition coefficient (Wildman–Crippen LogP) is 3.47. The summed E-state index contributed by atoms with van der Waals surface area (Å²) >= 11 is 0. The molecule has 4 nitrogen and oxygen atoms in total. The molecule has 0 fully saturated rings. The largest absolute Gasteiger partial charge is 0.497 e. The number of amides is 2. The normalized spacial score (nSPS) is 10.5. The molecule has 2 N–H and O–H groups in total. The molecule has 0 aliphatic rings. The Kier molecular flexibility index (Phi) is 5.60. The number of carbonyl (C=O) groups is 1. The van der Waals surface area contributed by atoms with Crippen molar-refractivity contribution in [3.63, 3.8) is 0 Å². The van der Waals surface area contributed by atoms with E-state index in [-0.39, 0.29) is 6.03 Å². The second kappa shape index (κ2) is 7.88. The molecule has 0 aliphatic heterocycles. The molecular weight excluding hydrogens is 276 g/mol. The zero-order valence-corrected chi connectivity index (χ0v) is 12.8. The van der Waals surface area contributed by atoms with Crippen molar-refractivity contribution >= 4 is 12.1 Å². The summed E-state index contributed by atoms with van der Waals surface area (Å²) in [7, 11) is 1.62. The van der Waals surface area contributed by atoms with Gasteiger partial charge in [-0.25, -0.2) is 4.79 Å². The Morgan fingerprint density at radius 1 is 1.18 bits per heavy atom. The summed E-state index contributed by atoms with van der Waals surface area (Å²) in [6.07, 6.45) is 3.52. The van der Waals surface area contributed by atoms with Gasteiger partial charge in [-0.3, -0.25) is 0 Å². The average Bonchev–Trinajstić information content (AvgIpc) is 2.55. The highest BCUT2D eigenvalue weighted by atomic mass is 16.5. The summed E-state index contributed by atoms with van der Waals surface area (Å²) in [6, 6.07) is 15.3. The number of aryl methyl sites for hydroxylation is 1. The second-order valence-corrected chi connectivity index (χ2v) is 4.87. The highest BCUT2D eigenvalue weighted by Crippen LogP contribution is 2.12. The van der Waals surface area contributed by atoms with Crippen LogP contribution in [0.15, 0.2) is 54.7 Å². The zero-order chi connectivity index (χ0) is 15.8. The molecule has 2 aromatic carbocycles. The van der Waals surface area contributed by atoms with Gasteiger partial charge in [-0.05, 0) is 41.8 Å². The fraction of sp³-hybridized carbons (Fsp3) is 0.167. The predicted molar refractivity (Wildman–Crippen MR) is 88.6 cm³/mol. The number of nitrogens with one attached hydrogen (secondary N) is 2. The Morgan fingerprint density at radius 3 is 2.77 bits per heavy atom. The number of hydrogen-bond acceptors (Lipinski definition) is 2. The van der Waals surface area contributed by atoms with Crippen LogP contribution in [0.25, 0.3) is 6.08 Å². The lowest BCUT2D eigenvalue weighted by Gasteiger charge is -2.06. The van der Waals surface area contributed by atoms with Gasteiger partial charge in [-0.2, -0.15) is 0 Å². The van der Waals surface area contributed by atoms with E-state index in [2.05, 4.69) is 10.6 Å². The number of rotatable bonds is 5. The van der Waals surface area contributed by atoms with E-state index in [1.54, 1.807) is 13.3 Å². The molecule has 22 heavy (non-hydrogen) atoms. The fourth-order valence-corrected chi connectivity index (χ4v) is 2.00. The molecule has 0 heterocycles. The van der Waals surface area contributed by atoms with Crippen LogP contribution >= 0.6 is 0 Å². The van der Waals surface area contributed by atoms with Crippen molar-refractivity contribution in [3.05, 3.63) is 71.4 Å². The van der Waals surface area contributed by atoms with Gasteiger partial charge in [0.2, 0.25) is 0 Å². The molecule has 0 unspecified atom stereocenters. The number of carbonyl (C=O) groups excluding carboxylic acids is 1. The van der Waals surface area contributed by atoms with Gasteiger partial charge in [0, 0.05) is 12.7 Å². The molecule has 0 aromatic heterocycles. The maximum Gasteiger partial charge on any atom is 0.319 e. The van der Waals surface area contributed by atoms with Crippen molar-refractivity contribution in [2.45, 2.75) is 13.5 Å². The number of hydrogen-bond donors (Lipinski definition) is 2. The van der Waals surface area contributed by atoms with Crippen LogP contribution in [0, 0.1) is 6.92 Å². The van der Waals surface area contributed by atoms with Crippen LogP contribution in [0.1, 0.15) is 16.7 Å². The van der Waals surface area contributed by atoms with Crippen LogP contribution in [0.4, 0.5) is 4.79 Å². The summed E-state index contributed by atoms with van der Waals surface area (Å²) < 4.78 is 5.15. The monoisotopic (exact) mass is 296 g/mol. The molecule has 0 spiro atoms. The Morgan fingerprint density at radius 2 is 2.00 bits per heavy atom. The van der Waals surface area contributed by atoms with Gasteiger partial charge >= 0.3 is 6.03 Å². The summed E-state index contributed by atoms with van der Waals surface area (Å²) in [5, 5.41) is 5.49. The molecule has 4 heteroatoms. The topological polar surface area (TPSA) is 50.4 Å². The van der Waals surface area contributed by atoms with Gasteiger partial charge in [0.25, 0.3) is 0 Å². The van der Waals surface area contributed by atoms with Gasteiger partial charge in [0.1, 0.15) is 5.75 Å². The first kappa shape index (κ1) is 15.6. The van der Waals surface area contributed by atoms with Crippen molar-refractivity contribution in [2.75, 3.05) is 7.11 Å². The van der Waals surface area contributed by atoms with Crippen molar-refractivity contribution < 1.29 is 9.53 Å². The third kappa shape index (κ3) is 4.66. The van der Waals surface area contributed by atoms with E-state index in [0.29, 0.717) is 6.54 Å². The van der Waals surface area contributed by atoms with E-state index in [4.69, 9.17) is 4.74 Å². The van der Waals surface area contributed by atoms with Crippen molar-refractivity contribution in [2.24, 2.45) is 0 Å². The molecule has 0 bridgehead atoms. The first-order valence-corrected chi connectivity index (χ1v) is 7.08. The van der Waals surface area contributed by atoms with Crippen LogP contribution in [0.3, 0.4) is 0 Å². The molecule has 0 radical (unpaired) electrons. The summed E-state index contributed by atoms with van der Waals surface area (Å²) in [5.41, 5.74) is 3.23. The van der Waals surface area contributed by atoms with Crippen molar-refractivity contribution in [1.82, 2.24) is 10.6 Å². The quantitative estimate of drug-likeness (QED) is 0.887. The van der Waals surface area contributed by atoms with Gasteiger partial charge in [0.05, 0.1) is 7.11 Å². The number of ether oxygens (including phenoxy) is 1. The fourth-order valence-electron chi connectivity index (χ4n) is 2.00. The van der Waals surface area contributed by atoms with E-state index in [1.807, 2.05) is 61.5 Å². The lowest BCUT2D eigenvalue weighted by molar-refractivity contribution is 0.244. The highest BCUT2D eigenvalue weighted by molar-refractivity contribution is 5.76. The molecule has 2 rings (SSSR count). The third-order valence-electron chi connectivity index (χ3n) is 3.25. The summed E-state index contributed by atoms with van der Waals surface area (Å²) in [5.74, 6) is 0.777. The minimum atomic E-state index is -0.243. The van der Waals surface area contributed by atoms with E-state index >= 15 is 0 Å². The van der Waals surface area contributed by atoms with Crippen molar-refractivity contribution in [3.8, 4) is 5.75 Å². The van der Waals surface area contributed by atoms with Crippen LogP contribution in [-0.2, 0) is 6.54 Å². The Balaban J connectivity index is 1.82. The highest BCUT2D eigenvalue weighted by Gasteiger charge is 1.99. The summed E-state index contributed by atoms with van der Waals surface area (Å²) in [6.45, 7) is 2.48. The lowest BCUT2D eigenvalue weighted by atomic mass is 10.1. The molecule has 2 aromatic rings. The molecule has 0 saturated carbocycles. The average molecular weight is 296 g/mol. The van der Waals surface area contributed by atoms with E-state index in [0.717, 1.165) is 22.4 Å². The van der Waals surface area contributed by atoms with Gasteiger partial charge in [0.15, 0.2) is 0 Å². The number of benzene rings is 2. The molecule has 114 valence electrons. The first-order valence-electron chi connectivity index (χ1n) is 7.08. The third-order valence-corrected chi connectivity index (χ3v) is 3.25. The van der Waals surface area contributed by atoms with E-state index in [1.165, 1.54) is 0 Å². The maximum absolute atomic E-state index is 11.7. The maximum atomic E-state index is 11.7. The number of urea groups is 1. The molecule has 0 saturated heterocycles. The van der Waals surface area contributed by atoms with Gasteiger partial charge < -0.3 is 15.4 Å². The Labute approximate surface area is 130 Å². The van der Waals surface area contributed by atoms with E-state index in [9.17, 15) is 4.79 Å². The van der Waals surface area contributed by atoms with Crippen LogP contribution in [0.5, 0.6) is 5.75 Å². The minimum absolute atomic E-state index is 0.243. The Hall–Kier alpha value is -2.75.